The van der Waals surface area contributed by atoms with Gasteiger partial charge in [-0.25, -0.2) is 0 Å². The van der Waals surface area contributed by atoms with E-state index in [1.807, 2.05) is 5.92 Å². The highest BCUT2D eigenvalue weighted by molar-refractivity contribution is 5.17. The molecule has 0 heteroatoms. The van der Waals surface area contributed by atoms with E-state index in [0.29, 0.717) is 0 Å². The van der Waals surface area contributed by atoms with Crippen LogP contribution in [-0.4, -0.2) is 0 Å². The van der Waals surface area contributed by atoms with Crippen molar-refractivity contribution in [1.82, 2.24) is 0 Å². The van der Waals surface area contributed by atoms with Crippen LogP contribution in [0.25, 0.3) is 0 Å². The first-order valence-corrected chi connectivity index (χ1v) is 11.3. The Morgan fingerprint density at radius 1 is 0.542 bits per heavy atom. The predicted molar refractivity (Wildman–Crippen MR) is 99.3 cm³/mol. The summed E-state index contributed by atoms with van der Waals surface area (Å²) in [6.45, 7) is 5.09. The fourth-order valence-corrected chi connectivity index (χ4v) is 10.9. The topological polar surface area (TPSA) is 0 Å². The molecule has 0 unspecified atom stereocenters. The van der Waals surface area contributed by atoms with Crippen molar-refractivity contribution in [2.24, 2.45) is 52.3 Å². The van der Waals surface area contributed by atoms with E-state index in [2.05, 4.69) is 13.8 Å². The van der Waals surface area contributed by atoms with E-state index in [1.54, 1.807) is 77.0 Å². The molecule has 8 fully saturated rings. The molecule has 0 aromatic heterocycles. The molecule has 0 aromatic carbocycles. The maximum Gasteiger partial charge on any atom is -0.0243 e. The van der Waals surface area contributed by atoms with Crippen LogP contribution in [0, 0.1) is 58.2 Å². The molecule has 0 atom stereocenters. The van der Waals surface area contributed by atoms with Crippen LogP contribution >= 0.6 is 0 Å². The Labute approximate surface area is 149 Å². The van der Waals surface area contributed by atoms with Gasteiger partial charge >= 0.3 is 0 Å². The van der Waals surface area contributed by atoms with Gasteiger partial charge in [0.15, 0.2) is 0 Å². The smallest absolute Gasteiger partial charge is 0.0243 e. The molecular weight excluding hydrogens is 288 g/mol. The summed E-state index contributed by atoms with van der Waals surface area (Å²) < 4.78 is 0. The summed E-state index contributed by atoms with van der Waals surface area (Å²) in [5, 5.41) is 0. The summed E-state index contributed by atoms with van der Waals surface area (Å²) in [7, 11) is 0. The normalized spacial score (nSPS) is 58.6. The lowest BCUT2D eigenvalue weighted by Crippen LogP contribution is -2.59. The SMILES string of the molecule is C[C](C)C(C12CC3CC(CC(C3)C1)C2)C12CC3CC(CC(C3)C1)C2. The molecule has 0 saturated heterocycles. The van der Waals surface area contributed by atoms with Gasteiger partial charge in [0, 0.05) is 0 Å². The van der Waals surface area contributed by atoms with E-state index < -0.39 is 0 Å². The summed E-state index contributed by atoms with van der Waals surface area (Å²) in [4.78, 5) is 0. The second-order valence-corrected chi connectivity index (χ2v) is 12.1. The molecule has 0 spiro atoms. The molecule has 0 amide bonds. The van der Waals surface area contributed by atoms with Crippen LogP contribution in [0.3, 0.4) is 0 Å². The molecule has 8 saturated carbocycles. The van der Waals surface area contributed by atoms with Crippen LogP contribution in [0.1, 0.15) is 90.9 Å². The van der Waals surface area contributed by atoms with Gasteiger partial charge in [0.05, 0.1) is 0 Å². The molecule has 8 bridgehead atoms. The largest absolute Gasteiger partial charge is 0.0591 e. The Morgan fingerprint density at radius 2 is 0.792 bits per heavy atom. The van der Waals surface area contributed by atoms with Crippen molar-refractivity contribution in [3.05, 3.63) is 5.92 Å². The standard InChI is InChI=1S/C24H37/c1-15(2)22(23-9-16-3-17(10-23)5-18(4-16)11-23)24-12-19-6-20(13-24)8-21(7-19)14-24/h16-22H,3-14H2,1-2H3. The van der Waals surface area contributed by atoms with E-state index in [0.717, 1.165) is 52.3 Å². The highest BCUT2D eigenvalue weighted by atomic mass is 14.7. The number of rotatable bonds is 3. The van der Waals surface area contributed by atoms with Crippen LogP contribution in [0.15, 0.2) is 0 Å². The first-order chi connectivity index (χ1) is 11.5. The summed E-state index contributed by atoms with van der Waals surface area (Å²) in [6, 6.07) is 0. The molecule has 133 valence electrons. The van der Waals surface area contributed by atoms with Crippen molar-refractivity contribution in [1.29, 1.82) is 0 Å². The van der Waals surface area contributed by atoms with E-state index in [-0.39, 0.29) is 0 Å². The van der Waals surface area contributed by atoms with E-state index in [1.165, 1.54) is 0 Å². The molecule has 24 heavy (non-hydrogen) atoms. The Morgan fingerprint density at radius 3 is 1.00 bits per heavy atom. The summed E-state index contributed by atoms with van der Waals surface area (Å²) in [5.41, 5.74) is 1.50. The van der Waals surface area contributed by atoms with Gasteiger partial charge in [-0.2, -0.15) is 0 Å². The quantitative estimate of drug-likeness (QED) is 0.545. The van der Waals surface area contributed by atoms with Crippen LogP contribution in [-0.2, 0) is 0 Å². The van der Waals surface area contributed by atoms with Crippen molar-refractivity contribution in [2.75, 3.05) is 0 Å². The van der Waals surface area contributed by atoms with Gasteiger partial charge < -0.3 is 0 Å². The summed E-state index contributed by atoms with van der Waals surface area (Å²) in [5.74, 6) is 9.54. The van der Waals surface area contributed by atoms with E-state index >= 15 is 0 Å². The third-order valence-corrected chi connectivity index (χ3v) is 9.97. The van der Waals surface area contributed by atoms with Gasteiger partial charge in [-0.15, -0.1) is 0 Å². The lowest BCUT2D eigenvalue weighted by molar-refractivity contribution is -0.165. The molecule has 8 aliphatic rings. The van der Waals surface area contributed by atoms with Crippen LogP contribution < -0.4 is 0 Å². The zero-order chi connectivity index (χ0) is 16.1. The molecule has 0 heterocycles. The van der Waals surface area contributed by atoms with Gasteiger partial charge in [-0.05, 0) is 135 Å². The lowest BCUT2D eigenvalue weighted by Gasteiger charge is -2.68. The van der Waals surface area contributed by atoms with Gasteiger partial charge in [0.1, 0.15) is 0 Å². The third-order valence-electron chi connectivity index (χ3n) is 9.97. The minimum absolute atomic E-state index is 0.749. The predicted octanol–water partition coefficient (Wildman–Crippen LogP) is 6.65. The maximum atomic E-state index is 2.54. The number of hydrogen-bond donors (Lipinski definition) is 0. The maximum absolute atomic E-state index is 2.54. The van der Waals surface area contributed by atoms with Crippen molar-refractivity contribution in [3.63, 3.8) is 0 Å². The van der Waals surface area contributed by atoms with Crippen molar-refractivity contribution >= 4 is 0 Å². The van der Waals surface area contributed by atoms with Gasteiger partial charge in [-0.1, -0.05) is 13.8 Å². The molecular formula is C24H37. The Kier molecular flexibility index (Phi) is 3.04. The average molecular weight is 326 g/mol. The zero-order valence-electron chi connectivity index (χ0n) is 16.0. The Bertz CT molecular complexity index is 412. The van der Waals surface area contributed by atoms with Crippen molar-refractivity contribution in [2.45, 2.75) is 90.9 Å². The second kappa shape index (κ2) is 4.83. The Hall–Kier alpha value is 0. The first-order valence-electron chi connectivity index (χ1n) is 11.3. The van der Waals surface area contributed by atoms with Gasteiger partial charge in [0.2, 0.25) is 0 Å². The van der Waals surface area contributed by atoms with Gasteiger partial charge in [-0.3, -0.25) is 0 Å². The van der Waals surface area contributed by atoms with Crippen LogP contribution in [0.5, 0.6) is 0 Å². The highest BCUT2D eigenvalue weighted by Crippen LogP contribution is 2.72. The summed E-state index contributed by atoms with van der Waals surface area (Å²) in [6.07, 6.45) is 19.4. The molecule has 0 N–H and O–H groups in total. The molecule has 0 aliphatic heterocycles. The fourth-order valence-electron chi connectivity index (χ4n) is 10.9. The second-order valence-electron chi connectivity index (χ2n) is 12.1. The highest BCUT2D eigenvalue weighted by Gasteiger charge is 2.63. The van der Waals surface area contributed by atoms with Gasteiger partial charge in [0.25, 0.3) is 0 Å². The van der Waals surface area contributed by atoms with Crippen molar-refractivity contribution in [3.8, 4) is 0 Å². The van der Waals surface area contributed by atoms with Crippen molar-refractivity contribution < 1.29 is 0 Å². The number of hydrogen-bond acceptors (Lipinski definition) is 0. The van der Waals surface area contributed by atoms with Crippen LogP contribution in [0.4, 0.5) is 0 Å². The lowest BCUT2D eigenvalue weighted by atomic mass is 9.37. The molecule has 0 aromatic rings. The monoisotopic (exact) mass is 325 g/mol. The fraction of sp³-hybridized carbons (Fsp3) is 0.958. The third kappa shape index (κ3) is 1.98. The first kappa shape index (κ1) is 15.1. The molecule has 0 nitrogen and oxygen atoms in total. The van der Waals surface area contributed by atoms with Crippen LogP contribution in [0.2, 0.25) is 0 Å². The zero-order valence-corrected chi connectivity index (χ0v) is 16.0. The van der Waals surface area contributed by atoms with E-state index in [4.69, 9.17) is 0 Å². The minimum atomic E-state index is 0.749. The minimum Gasteiger partial charge on any atom is -0.0591 e. The molecule has 8 rings (SSSR count). The molecule has 8 aliphatic carbocycles. The Balaban J connectivity index is 1.41. The van der Waals surface area contributed by atoms with E-state index in [9.17, 15) is 0 Å². The molecule has 1 radical (unpaired) electrons. The average Bonchev–Trinajstić information content (AvgIpc) is 2.42. The summed E-state index contributed by atoms with van der Waals surface area (Å²) >= 11 is 0.